The van der Waals surface area contributed by atoms with Crippen molar-refractivity contribution in [1.29, 1.82) is 0 Å². The van der Waals surface area contributed by atoms with Gasteiger partial charge in [-0.15, -0.1) is 0 Å². The fraction of sp³-hybridized carbons (Fsp3) is 0.200. The van der Waals surface area contributed by atoms with Crippen molar-refractivity contribution in [1.82, 2.24) is 4.98 Å². The van der Waals surface area contributed by atoms with Crippen molar-refractivity contribution in [3.05, 3.63) is 64.8 Å². The third kappa shape index (κ3) is 3.91. The van der Waals surface area contributed by atoms with Gasteiger partial charge in [0.05, 0.1) is 18.2 Å². The van der Waals surface area contributed by atoms with Gasteiger partial charge >= 0.3 is 5.97 Å². The highest BCUT2D eigenvalue weighted by Gasteiger charge is 2.11. The number of aryl methyl sites for hydroxylation is 3. The minimum Gasteiger partial charge on any atom is -1.00 e. The number of halogens is 1. The number of carbonyl (C=O) groups excluding carboxylic acids is 1. The van der Waals surface area contributed by atoms with E-state index in [2.05, 4.69) is 42.3 Å². The molecule has 2 aromatic carbocycles. The van der Waals surface area contributed by atoms with Crippen LogP contribution in [-0.4, -0.2) is 18.1 Å². The molecule has 3 aromatic rings. The van der Waals surface area contributed by atoms with E-state index in [9.17, 15) is 4.79 Å². The van der Waals surface area contributed by atoms with Crippen LogP contribution < -0.4 is 17.7 Å². The van der Waals surface area contributed by atoms with E-state index in [-0.39, 0.29) is 18.4 Å². The molecule has 25 heavy (non-hydrogen) atoms. The summed E-state index contributed by atoms with van der Waals surface area (Å²) in [5.41, 5.74) is 6.63. The lowest BCUT2D eigenvalue weighted by atomic mass is 10.1. The first kappa shape index (κ1) is 18.7. The first-order valence-electron chi connectivity index (χ1n) is 7.82. The second-order valence-electron chi connectivity index (χ2n) is 5.98. The second kappa shape index (κ2) is 7.53. The normalized spacial score (nSPS) is 10.2. The minimum atomic E-state index is -0.352. The predicted octanol–water partition coefficient (Wildman–Crippen LogP) is 1.69. The summed E-state index contributed by atoms with van der Waals surface area (Å²) in [6.45, 7) is 6.11. The molecule has 0 saturated heterocycles. The highest BCUT2D eigenvalue weighted by molar-refractivity contribution is 5.99. The van der Waals surface area contributed by atoms with E-state index in [4.69, 9.17) is 4.74 Å². The van der Waals surface area contributed by atoms with Crippen molar-refractivity contribution >= 4 is 28.2 Å². The number of pyridine rings is 1. The largest absolute Gasteiger partial charge is 1.00 e. The third-order valence-electron chi connectivity index (χ3n) is 4.01. The van der Waals surface area contributed by atoms with Gasteiger partial charge in [0.15, 0.2) is 0 Å². The molecular weight excluding hydrogens is 336 g/mol. The molecule has 0 aliphatic carbocycles. The number of carbonyl (C=O) groups is 1. The Balaban J connectivity index is 0.00000225. The molecule has 0 amide bonds. The van der Waals surface area contributed by atoms with E-state index in [0.29, 0.717) is 5.56 Å². The Kier molecular flexibility index (Phi) is 5.65. The summed E-state index contributed by atoms with van der Waals surface area (Å²) < 4.78 is 4.82. The van der Waals surface area contributed by atoms with Crippen LogP contribution in [0.25, 0.3) is 10.9 Å². The van der Waals surface area contributed by atoms with Gasteiger partial charge in [-0.1, -0.05) is 17.7 Å². The van der Waals surface area contributed by atoms with Crippen LogP contribution in [0.4, 0.5) is 11.4 Å². The van der Waals surface area contributed by atoms with Crippen LogP contribution in [0.1, 0.15) is 27.2 Å². The average Bonchev–Trinajstić information content (AvgIpc) is 2.56. The first-order chi connectivity index (χ1) is 11.5. The smallest absolute Gasteiger partial charge is 0.337 e. The minimum absolute atomic E-state index is 0. The van der Waals surface area contributed by atoms with E-state index in [1.54, 1.807) is 6.07 Å². The molecule has 5 heteroatoms. The molecule has 3 rings (SSSR count). The van der Waals surface area contributed by atoms with Crippen LogP contribution in [0.15, 0.2) is 42.5 Å². The fourth-order valence-corrected chi connectivity index (χ4v) is 2.81. The van der Waals surface area contributed by atoms with E-state index in [1.807, 2.05) is 25.1 Å². The zero-order chi connectivity index (χ0) is 17.3. The maximum atomic E-state index is 11.8. The van der Waals surface area contributed by atoms with Gasteiger partial charge < -0.3 is 22.5 Å². The maximum Gasteiger partial charge on any atom is 0.337 e. The van der Waals surface area contributed by atoms with Crippen molar-refractivity contribution in [3.63, 3.8) is 0 Å². The molecule has 0 atom stereocenters. The lowest BCUT2D eigenvalue weighted by molar-refractivity contribution is -0.0000196. The van der Waals surface area contributed by atoms with E-state index >= 15 is 0 Å². The number of ether oxygens (including phenoxy) is 1. The number of hydrogen-bond donors (Lipinski definition) is 1. The van der Waals surface area contributed by atoms with E-state index in [0.717, 1.165) is 28.0 Å². The lowest BCUT2D eigenvalue weighted by Gasteiger charge is -2.14. The number of benzene rings is 2. The van der Waals surface area contributed by atoms with Crippen molar-refractivity contribution < 1.29 is 21.9 Å². The Morgan fingerprint density at radius 3 is 2.44 bits per heavy atom. The Bertz CT molecular complexity index is 938. The zero-order valence-corrected chi connectivity index (χ0v) is 15.4. The number of aromatic nitrogens is 1. The Labute approximate surface area is 153 Å². The number of rotatable bonds is 3. The zero-order valence-electron chi connectivity index (χ0n) is 14.7. The molecule has 0 saturated carbocycles. The van der Waals surface area contributed by atoms with Crippen molar-refractivity contribution in [3.8, 4) is 0 Å². The fourth-order valence-electron chi connectivity index (χ4n) is 2.81. The Hall–Kier alpha value is -2.59. The lowest BCUT2D eigenvalue weighted by Crippen LogP contribution is -3.00. The molecule has 4 nitrogen and oxygen atoms in total. The molecule has 1 N–H and O–H groups in total. The number of methoxy groups -OCH3 is 1. The van der Waals surface area contributed by atoms with Gasteiger partial charge in [0.1, 0.15) is 0 Å². The highest BCUT2D eigenvalue weighted by atomic mass is 35.5. The Morgan fingerprint density at radius 1 is 1.00 bits per heavy atom. The molecule has 0 radical (unpaired) electrons. The van der Waals surface area contributed by atoms with Crippen LogP contribution in [-0.2, 0) is 4.74 Å². The van der Waals surface area contributed by atoms with Crippen LogP contribution in [0.5, 0.6) is 0 Å². The molecule has 130 valence electrons. The molecule has 0 fully saturated rings. The highest BCUT2D eigenvalue weighted by Crippen LogP contribution is 2.29. The van der Waals surface area contributed by atoms with Crippen LogP contribution in [0.2, 0.25) is 0 Å². The van der Waals surface area contributed by atoms with E-state index in [1.165, 1.54) is 18.2 Å². The first-order valence-corrected chi connectivity index (χ1v) is 7.82. The summed E-state index contributed by atoms with van der Waals surface area (Å²) in [7, 11) is 1.38. The molecular formula is C20H20ClN2O2-. The summed E-state index contributed by atoms with van der Waals surface area (Å²) in [6, 6.07) is 13.7. The predicted molar refractivity (Wildman–Crippen MR) is 97.0 cm³/mol. The number of esters is 1. The van der Waals surface area contributed by atoms with Crippen LogP contribution in [0.3, 0.4) is 0 Å². The Morgan fingerprint density at radius 2 is 1.76 bits per heavy atom. The molecule has 1 heterocycles. The monoisotopic (exact) mass is 355 g/mol. The number of nitrogens with one attached hydrogen (secondary N) is 1. The van der Waals surface area contributed by atoms with Crippen LogP contribution >= 0.6 is 0 Å². The SMILES string of the molecule is COC(=O)c1ccc2nc(C)cc(Nc3ccc(C)cc3C)c2c1.[Cl-]. The summed E-state index contributed by atoms with van der Waals surface area (Å²) in [4.78, 5) is 16.4. The van der Waals surface area contributed by atoms with Crippen molar-refractivity contribution in [2.45, 2.75) is 20.8 Å². The summed E-state index contributed by atoms with van der Waals surface area (Å²) in [5.74, 6) is -0.352. The maximum absolute atomic E-state index is 11.8. The molecule has 0 bridgehead atoms. The van der Waals surface area contributed by atoms with Gasteiger partial charge in [-0.2, -0.15) is 0 Å². The standard InChI is InChI=1S/C20H20N2O2.ClH/c1-12-5-7-17(13(2)9-12)22-19-10-14(3)21-18-8-6-15(11-16(18)19)20(23)24-4;/h5-11H,1-4H3,(H,21,22);1H/p-1. The second-order valence-corrected chi connectivity index (χ2v) is 5.98. The quantitative estimate of drug-likeness (QED) is 0.726. The van der Waals surface area contributed by atoms with Crippen molar-refractivity contribution in [2.75, 3.05) is 12.4 Å². The van der Waals surface area contributed by atoms with Crippen molar-refractivity contribution in [2.24, 2.45) is 0 Å². The van der Waals surface area contributed by atoms with Gasteiger partial charge in [-0.05, 0) is 56.7 Å². The van der Waals surface area contributed by atoms with Gasteiger partial charge in [0.25, 0.3) is 0 Å². The summed E-state index contributed by atoms with van der Waals surface area (Å²) in [5, 5.41) is 4.37. The molecule has 0 spiro atoms. The topological polar surface area (TPSA) is 51.2 Å². The number of hydrogen-bond acceptors (Lipinski definition) is 4. The average molecular weight is 356 g/mol. The van der Waals surface area contributed by atoms with Crippen LogP contribution in [0, 0.1) is 20.8 Å². The number of anilines is 2. The molecule has 0 aliphatic heterocycles. The number of nitrogens with zero attached hydrogens (tertiary/aromatic N) is 1. The third-order valence-corrected chi connectivity index (χ3v) is 4.01. The summed E-state index contributed by atoms with van der Waals surface area (Å²) in [6.07, 6.45) is 0. The van der Waals surface area contributed by atoms with E-state index < -0.39 is 0 Å². The molecule has 1 aromatic heterocycles. The van der Waals surface area contributed by atoms with Gasteiger partial charge in [-0.25, -0.2) is 4.79 Å². The molecule has 0 aliphatic rings. The van der Waals surface area contributed by atoms with Gasteiger partial charge in [0, 0.05) is 22.5 Å². The summed E-state index contributed by atoms with van der Waals surface area (Å²) >= 11 is 0. The number of fused-ring (bicyclic) bond motifs is 1. The van der Waals surface area contributed by atoms with Gasteiger partial charge in [-0.3, -0.25) is 4.98 Å². The van der Waals surface area contributed by atoms with Gasteiger partial charge in [0.2, 0.25) is 0 Å². The molecule has 0 unspecified atom stereocenters.